The van der Waals surface area contributed by atoms with E-state index in [2.05, 4.69) is 10.3 Å². The van der Waals surface area contributed by atoms with Crippen molar-refractivity contribution >= 4 is 21.6 Å². The van der Waals surface area contributed by atoms with Crippen LogP contribution in [0, 0.1) is 0 Å². The Labute approximate surface area is 109 Å². The summed E-state index contributed by atoms with van der Waals surface area (Å²) >= 11 is 1.49. The van der Waals surface area contributed by atoms with Crippen LogP contribution in [0.5, 0.6) is 0 Å². The topological polar surface area (TPSA) is 24.9 Å². The number of nitrogens with one attached hydrogen (secondary N) is 1. The largest absolute Gasteiger partial charge is 0.309 e. The van der Waals surface area contributed by atoms with Gasteiger partial charge in [-0.15, -0.1) is 11.3 Å². The van der Waals surface area contributed by atoms with Crippen molar-refractivity contribution in [1.29, 1.82) is 0 Å². The number of hydrogen-bond acceptors (Lipinski definition) is 3. The highest BCUT2D eigenvalue weighted by Gasteiger charge is 2.21. The fourth-order valence-electron chi connectivity index (χ4n) is 1.78. The zero-order chi connectivity index (χ0) is 13.0. The summed E-state index contributed by atoms with van der Waals surface area (Å²) < 4.78 is 26.8. The summed E-state index contributed by atoms with van der Waals surface area (Å²) in [4.78, 5) is 4.39. The Morgan fingerprint density at radius 3 is 2.78 bits per heavy atom. The Bertz CT molecular complexity index is 465. The van der Waals surface area contributed by atoms with Crippen LogP contribution in [-0.4, -0.2) is 24.0 Å². The van der Waals surface area contributed by atoms with Gasteiger partial charge in [0.15, 0.2) is 0 Å². The van der Waals surface area contributed by atoms with E-state index in [0.29, 0.717) is 6.54 Å². The fraction of sp³-hybridized carbons (Fsp3) is 0.462. The average molecular weight is 270 g/mol. The van der Waals surface area contributed by atoms with Crippen molar-refractivity contribution in [3.05, 3.63) is 29.3 Å². The molecule has 2 nitrogen and oxygen atoms in total. The van der Waals surface area contributed by atoms with E-state index in [0.717, 1.165) is 21.6 Å². The van der Waals surface area contributed by atoms with Crippen molar-refractivity contribution in [3.8, 4) is 0 Å². The standard InChI is InChI=1S/C13H16F2N2S/c1-2-7-16-10(13(14)15)8-12-17-9-5-3-4-6-11(9)18-12/h3-6,10,13,16H,2,7-8H2,1H3. The molecule has 18 heavy (non-hydrogen) atoms. The Hall–Kier alpha value is -1.07. The van der Waals surface area contributed by atoms with Crippen molar-refractivity contribution < 1.29 is 8.78 Å². The molecular weight excluding hydrogens is 254 g/mol. The van der Waals surface area contributed by atoms with Crippen LogP contribution < -0.4 is 5.32 Å². The zero-order valence-corrected chi connectivity index (χ0v) is 11.0. The second-order valence-corrected chi connectivity index (χ2v) is 5.29. The molecule has 5 heteroatoms. The molecule has 0 bridgehead atoms. The number of fused-ring (bicyclic) bond motifs is 1. The maximum Gasteiger partial charge on any atom is 0.254 e. The molecule has 1 N–H and O–H groups in total. The maximum absolute atomic E-state index is 12.9. The first kappa shape index (κ1) is 13.4. The second kappa shape index (κ2) is 6.20. The maximum atomic E-state index is 12.9. The SMILES string of the molecule is CCCNC(Cc1nc2ccccc2s1)C(F)F. The highest BCUT2D eigenvalue weighted by atomic mass is 32.1. The molecule has 1 atom stereocenters. The Balaban J connectivity index is 2.10. The van der Waals surface area contributed by atoms with Crippen LogP contribution in [0.2, 0.25) is 0 Å². The number of thiazole rings is 1. The molecule has 98 valence electrons. The summed E-state index contributed by atoms with van der Waals surface area (Å²) in [7, 11) is 0. The molecule has 0 saturated heterocycles. The quantitative estimate of drug-likeness (QED) is 0.869. The van der Waals surface area contributed by atoms with E-state index in [1.165, 1.54) is 11.3 Å². The molecule has 2 aromatic rings. The Morgan fingerprint density at radius 2 is 2.11 bits per heavy atom. The third-order valence-electron chi connectivity index (χ3n) is 2.69. The number of rotatable bonds is 6. The van der Waals surface area contributed by atoms with Gasteiger partial charge in [0.25, 0.3) is 6.43 Å². The van der Waals surface area contributed by atoms with Crippen LogP contribution in [0.4, 0.5) is 8.78 Å². The zero-order valence-electron chi connectivity index (χ0n) is 10.2. The van der Waals surface area contributed by atoms with E-state index in [1.807, 2.05) is 31.2 Å². The van der Waals surface area contributed by atoms with Crippen LogP contribution in [0.1, 0.15) is 18.4 Å². The summed E-state index contributed by atoms with van der Waals surface area (Å²) in [5.74, 6) is 0. The van der Waals surface area contributed by atoms with E-state index in [1.54, 1.807) is 0 Å². The van der Waals surface area contributed by atoms with E-state index in [-0.39, 0.29) is 6.42 Å². The van der Waals surface area contributed by atoms with Gasteiger partial charge in [-0.05, 0) is 25.1 Å². The summed E-state index contributed by atoms with van der Waals surface area (Å²) in [5, 5.41) is 3.65. The van der Waals surface area contributed by atoms with E-state index in [4.69, 9.17) is 0 Å². The molecule has 0 amide bonds. The molecule has 1 aromatic heterocycles. The van der Waals surface area contributed by atoms with Gasteiger partial charge < -0.3 is 5.32 Å². The number of aromatic nitrogens is 1. The second-order valence-electron chi connectivity index (χ2n) is 4.17. The van der Waals surface area contributed by atoms with Gasteiger partial charge in [0, 0.05) is 6.42 Å². The van der Waals surface area contributed by atoms with Crippen LogP contribution in [0.3, 0.4) is 0 Å². The van der Waals surface area contributed by atoms with Crippen molar-refractivity contribution in [2.75, 3.05) is 6.54 Å². The first-order chi connectivity index (χ1) is 8.70. The van der Waals surface area contributed by atoms with Gasteiger partial charge in [-0.2, -0.15) is 0 Å². The normalized spacial score (nSPS) is 13.3. The van der Waals surface area contributed by atoms with Gasteiger partial charge in [-0.1, -0.05) is 19.1 Å². The van der Waals surface area contributed by atoms with Gasteiger partial charge in [-0.25, -0.2) is 13.8 Å². The van der Waals surface area contributed by atoms with Crippen LogP contribution in [-0.2, 0) is 6.42 Å². The molecule has 0 fully saturated rings. The molecule has 1 unspecified atom stereocenters. The molecule has 0 saturated carbocycles. The lowest BCUT2D eigenvalue weighted by molar-refractivity contribution is 0.0983. The first-order valence-corrected chi connectivity index (χ1v) is 6.88. The van der Waals surface area contributed by atoms with Crippen LogP contribution >= 0.6 is 11.3 Å². The predicted molar refractivity (Wildman–Crippen MR) is 71.4 cm³/mol. The summed E-state index contributed by atoms with van der Waals surface area (Å²) in [6.45, 7) is 2.58. The van der Waals surface area contributed by atoms with E-state index >= 15 is 0 Å². The molecule has 0 spiro atoms. The smallest absolute Gasteiger partial charge is 0.254 e. The predicted octanol–water partition coefficient (Wildman–Crippen LogP) is 3.47. The average Bonchev–Trinajstić information content (AvgIpc) is 2.76. The number of halogens is 2. The van der Waals surface area contributed by atoms with Gasteiger partial charge in [0.2, 0.25) is 0 Å². The summed E-state index contributed by atoms with van der Waals surface area (Å²) in [6.07, 6.45) is -1.22. The third-order valence-corrected chi connectivity index (χ3v) is 3.75. The molecular formula is C13H16F2N2S. The molecule has 0 radical (unpaired) electrons. The van der Waals surface area contributed by atoms with E-state index < -0.39 is 12.5 Å². The molecule has 0 aliphatic carbocycles. The molecule has 1 heterocycles. The lowest BCUT2D eigenvalue weighted by Crippen LogP contribution is -2.37. The van der Waals surface area contributed by atoms with Crippen molar-refractivity contribution in [3.63, 3.8) is 0 Å². The van der Waals surface area contributed by atoms with Crippen molar-refractivity contribution in [2.45, 2.75) is 32.2 Å². The van der Waals surface area contributed by atoms with Crippen LogP contribution in [0.25, 0.3) is 10.2 Å². The Kier molecular flexibility index (Phi) is 4.60. The number of nitrogens with zero attached hydrogens (tertiary/aromatic N) is 1. The van der Waals surface area contributed by atoms with Crippen LogP contribution in [0.15, 0.2) is 24.3 Å². The minimum absolute atomic E-state index is 0.289. The van der Waals surface area contributed by atoms with Gasteiger partial charge in [0.05, 0.1) is 21.3 Å². The number of para-hydroxylation sites is 1. The fourth-order valence-corrected chi connectivity index (χ4v) is 2.80. The minimum atomic E-state index is -2.36. The van der Waals surface area contributed by atoms with Gasteiger partial charge in [0.1, 0.15) is 0 Å². The van der Waals surface area contributed by atoms with E-state index in [9.17, 15) is 8.78 Å². The number of alkyl halides is 2. The number of benzene rings is 1. The minimum Gasteiger partial charge on any atom is -0.309 e. The highest BCUT2D eigenvalue weighted by Crippen LogP contribution is 2.23. The Morgan fingerprint density at radius 1 is 1.33 bits per heavy atom. The molecule has 0 aliphatic heterocycles. The van der Waals surface area contributed by atoms with Gasteiger partial charge in [-0.3, -0.25) is 0 Å². The summed E-state index contributed by atoms with van der Waals surface area (Å²) in [5.41, 5.74) is 0.890. The monoisotopic (exact) mass is 270 g/mol. The molecule has 1 aromatic carbocycles. The summed E-state index contributed by atoms with van der Waals surface area (Å²) in [6, 6.07) is 6.92. The molecule has 2 rings (SSSR count). The highest BCUT2D eigenvalue weighted by molar-refractivity contribution is 7.18. The lowest BCUT2D eigenvalue weighted by atomic mass is 10.2. The van der Waals surface area contributed by atoms with Crippen molar-refractivity contribution in [1.82, 2.24) is 10.3 Å². The lowest BCUT2D eigenvalue weighted by Gasteiger charge is -2.15. The first-order valence-electron chi connectivity index (χ1n) is 6.06. The third kappa shape index (κ3) is 3.23. The molecule has 0 aliphatic rings. The van der Waals surface area contributed by atoms with Crippen molar-refractivity contribution in [2.24, 2.45) is 0 Å². The van der Waals surface area contributed by atoms with Gasteiger partial charge >= 0.3 is 0 Å². The number of hydrogen-bond donors (Lipinski definition) is 1.